The lowest BCUT2D eigenvalue weighted by Crippen LogP contribution is -2.39. The number of carbonyl (C=O) groups is 1. The third-order valence-electron chi connectivity index (χ3n) is 1.45. The van der Waals surface area contributed by atoms with Crippen molar-refractivity contribution in [3.63, 3.8) is 0 Å². The van der Waals surface area contributed by atoms with Crippen LogP contribution in [0.4, 0.5) is 0 Å². The molecule has 0 atom stereocenters. The minimum absolute atomic E-state index is 0.0127. The van der Waals surface area contributed by atoms with Gasteiger partial charge in [-0.1, -0.05) is 6.58 Å². The molecule has 0 aromatic heterocycles. The van der Waals surface area contributed by atoms with Gasteiger partial charge in [-0.05, 0) is 6.92 Å². The first kappa shape index (κ1) is 7.28. The Balaban J connectivity index is 2.56. The summed E-state index contributed by atoms with van der Waals surface area (Å²) in [6, 6.07) is 0. The van der Waals surface area contributed by atoms with Crippen LogP contribution in [0.2, 0.25) is 0 Å². The van der Waals surface area contributed by atoms with Gasteiger partial charge in [0, 0.05) is 12.2 Å². The van der Waals surface area contributed by atoms with E-state index in [1.165, 1.54) is 0 Å². The van der Waals surface area contributed by atoms with E-state index in [4.69, 9.17) is 4.74 Å². The summed E-state index contributed by atoms with van der Waals surface area (Å²) in [5.74, 6) is 0.0127. The van der Waals surface area contributed by atoms with E-state index in [2.05, 4.69) is 6.58 Å². The van der Waals surface area contributed by atoms with Crippen molar-refractivity contribution < 1.29 is 9.53 Å². The summed E-state index contributed by atoms with van der Waals surface area (Å²) in [4.78, 5) is 12.6. The topological polar surface area (TPSA) is 29.5 Å². The molecule has 1 aliphatic rings. The Labute approximate surface area is 60.3 Å². The van der Waals surface area contributed by atoms with Crippen LogP contribution in [0.25, 0.3) is 0 Å². The summed E-state index contributed by atoms with van der Waals surface area (Å²) in [7, 11) is 0. The van der Waals surface area contributed by atoms with Crippen LogP contribution in [0.3, 0.4) is 0 Å². The number of amides is 1. The van der Waals surface area contributed by atoms with Crippen molar-refractivity contribution in [2.45, 2.75) is 6.92 Å². The number of morpholine rings is 1. The van der Waals surface area contributed by atoms with Gasteiger partial charge in [0.1, 0.15) is 6.61 Å². The Morgan fingerprint density at radius 1 is 1.80 bits per heavy atom. The molecule has 0 saturated carbocycles. The third-order valence-corrected chi connectivity index (χ3v) is 1.45. The lowest BCUT2D eigenvalue weighted by atomic mass is 10.3. The van der Waals surface area contributed by atoms with Crippen molar-refractivity contribution in [3.8, 4) is 0 Å². The highest BCUT2D eigenvalue weighted by Gasteiger charge is 2.17. The predicted octanol–water partition coefficient (Wildman–Crippen LogP) is 0.379. The van der Waals surface area contributed by atoms with Crippen molar-refractivity contribution in [2.24, 2.45) is 0 Å². The molecule has 1 fully saturated rings. The van der Waals surface area contributed by atoms with E-state index >= 15 is 0 Å². The number of ether oxygens (including phenoxy) is 1. The Bertz CT molecular complexity index is 165. The first-order valence-corrected chi connectivity index (χ1v) is 3.25. The quantitative estimate of drug-likeness (QED) is 0.528. The molecule has 3 nitrogen and oxygen atoms in total. The predicted molar refractivity (Wildman–Crippen MR) is 37.3 cm³/mol. The fraction of sp³-hybridized carbons (Fsp3) is 0.571. The van der Waals surface area contributed by atoms with E-state index in [9.17, 15) is 4.79 Å². The molecule has 0 unspecified atom stereocenters. The average Bonchev–Trinajstić information content (AvgIpc) is 1.88. The van der Waals surface area contributed by atoms with E-state index in [1.54, 1.807) is 4.90 Å². The van der Waals surface area contributed by atoms with Gasteiger partial charge in [0.05, 0.1) is 6.61 Å². The summed E-state index contributed by atoms with van der Waals surface area (Å²) in [6.07, 6.45) is 0. The Hall–Kier alpha value is -0.830. The molecule has 3 heteroatoms. The minimum Gasteiger partial charge on any atom is -0.370 e. The van der Waals surface area contributed by atoms with Crippen molar-refractivity contribution in [1.82, 2.24) is 4.90 Å². The first-order valence-electron chi connectivity index (χ1n) is 3.25. The van der Waals surface area contributed by atoms with Gasteiger partial charge in [-0.25, -0.2) is 0 Å². The molecule has 0 aromatic rings. The zero-order chi connectivity index (χ0) is 7.56. The Morgan fingerprint density at radius 3 is 2.90 bits per heavy atom. The molecule has 0 radical (unpaired) electrons. The van der Waals surface area contributed by atoms with Crippen LogP contribution in [0.15, 0.2) is 12.3 Å². The highest BCUT2D eigenvalue weighted by atomic mass is 16.5. The molecule has 1 amide bonds. The molecule has 1 aliphatic heterocycles. The molecule has 0 aliphatic carbocycles. The van der Waals surface area contributed by atoms with Crippen molar-refractivity contribution in [2.75, 3.05) is 19.8 Å². The van der Waals surface area contributed by atoms with Gasteiger partial charge in [0.2, 0.25) is 0 Å². The van der Waals surface area contributed by atoms with Gasteiger partial charge in [0.25, 0.3) is 5.91 Å². The zero-order valence-electron chi connectivity index (χ0n) is 6.09. The second-order valence-corrected chi connectivity index (χ2v) is 2.33. The molecular weight excluding hydrogens is 130 g/mol. The van der Waals surface area contributed by atoms with Gasteiger partial charge in [0.15, 0.2) is 0 Å². The van der Waals surface area contributed by atoms with Gasteiger partial charge in [-0.2, -0.15) is 0 Å². The van der Waals surface area contributed by atoms with Gasteiger partial charge < -0.3 is 9.64 Å². The molecule has 10 heavy (non-hydrogen) atoms. The van der Waals surface area contributed by atoms with Crippen LogP contribution in [0.1, 0.15) is 6.92 Å². The second kappa shape index (κ2) is 2.84. The maximum absolute atomic E-state index is 11.0. The largest absolute Gasteiger partial charge is 0.370 e. The second-order valence-electron chi connectivity index (χ2n) is 2.33. The molecule has 56 valence electrons. The van der Waals surface area contributed by atoms with E-state index in [0.29, 0.717) is 13.2 Å². The number of rotatable bonds is 1. The van der Waals surface area contributed by atoms with Crippen LogP contribution in [0.5, 0.6) is 0 Å². The molecule has 1 saturated heterocycles. The summed E-state index contributed by atoms with van der Waals surface area (Å²) < 4.78 is 4.93. The Morgan fingerprint density at radius 2 is 2.50 bits per heavy atom. The molecule has 1 heterocycles. The maximum Gasteiger partial charge on any atom is 0.252 e. The maximum atomic E-state index is 11.0. The smallest absolute Gasteiger partial charge is 0.252 e. The van der Waals surface area contributed by atoms with Gasteiger partial charge in [-0.15, -0.1) is 0 Å². The molecule has 0 N–H and O–H groups in total. The van der Waals surface area contributed by atoms with E-state index in [-0.39, 0.29) is 12.5 Å². The lowest BCUT2D eigenvalue weighted by Gasteiger charge is -2.26. The Kier molecular flexibility index (Phi) is 2.06. The lowest BCUT2D eigenvalue weighted by molar-refractivity contribution is -0.139. The van der Waals surface area contributed by atoms with Crippen LogP contribution in [-0.2, 0) is 9.53 Å². The van der Waals surface area contributed by atoms with Crippen molar-refractivity contribution in [3.05, 3.63) is 12.3 Å². The summed E-state index contributed by atoms with van der Waals surface area (Å²) in [5.41, 5.74) is 0.799. The highest BCUT2D eigenvalue weighted by molar-refractivity contribution is 5.79. The van der Waals surface area contributed by atoms with Crippen LogP contribution in [0, 0.1) is 0 Å². The normalized spacial score (nSPS) is 19.3. The fourth-order valence-electron chi connectivity index (χ4n) is 0.922. The number of nitrogens with zero attached hydrogens (tertiary/aromatic N) is 1. The minimum atomic E-state index is 0.0127. The van der Waals surface area contributed by atoms with Crippen LogP contribution < -0.4 is 0 Å². The standard InChI is InChI=1S/C7H11NO2/c1-6(2)8-3-4-10-5-7(8)9/h1,3-5H2,2H3. The number of carbonyl (C=O) groups excluding carboxylic acids is 1. The van der Waals surface area contributed by atoms with E-state index in [0.717, 1.165) is 5.70 Å². The molecule has 0 bridgehead atoms. The summed E-state index contributed by atoms with van der Waals surface area (Å²) >= 11 is 0. The first-order chi connectivity index (χ1) is 4.72. The number of hydrogen-bond donors (Lipinski definition) is 0. The monoisotopic (exact) mass is 141 g/mol. The summed E-state index contributed by atoms with van der Waals surface area (Å²) in [5, 5.41) is 0. The van der Waals surface area contributed by atoms with Crippen molar-refractivity contribution >= 4 is 5.91 Å². The highest BCUT2D eigenvalue weighted by Crippen LogP contribution is 2.04. The number of hydrogen-bond acceptors (Lipinski definition) is 2. The SMILES string of the molecule is C=C(C)N1CCOCC1=O. The number of allylic oxidation sites excluding steroid dienone is 1. The third kappa shape index (κ3) is 1.36. The van der Waals surface area contributed by atoms with Crippen molar-refractivity contribution in [1.29, 1.82) is 0 Å². The summed E-state index contributed by atoms with van der Waals surface area (Å²) in [6.45, 7) is 6.97. The fourth-order valence-corrected chi connectivity index (χ4v) is 0.922. The molecule has 0 aromatic carbocycles. The molecule has 0 spiro atoms. The molecule has 1 rings (SSSR count). The molecular formula is C7H11NO2. The average molecular weight is 141 g/mol. The van der Waals surface area contributed by atoms with Gasteiger partial charge >= 0.3 is 0 Å². The van der Waals surface area contributed by atoms with E-state index in [1.807, 2.05) is 6.92 Å². The van der Waals surface area contributed by atoms with E-state index < -0.39 is 0 Å². The van der Waals surface area contributed by atoms with Crippen LogP contribution in [-0.4, -0.2) is 30.6 Å². The van der Waals surface area contributed by atoms with Crippen LogP contribution >= 0.6 is 0 Å². The van der Waals surface area contributed by atoms with Gasteiger partial charge in [-0.3, -0.25) is 4.79 Å². The zero-order valence-corrected chi connectivity index (χ0v) is 6.09.